The maximum atomic E-state index is 13.5. The van der Waals surface area contributed by atoms with E-state index < -0.39 is 17.7 Å². The van der Waals surface area contributed by atoms with Crippen LogP contribution in [0.3, 0.4) is 0 Å². The lowest BCUT2D eigenvalue weighted by Gasteiger charge is -2.50. The van der Waals surface area contributed by atoms with Crippen molar-refractivity contribution in [3.8, 4) is 5.75 Å². The van der Waals surface area contributed by atoms with E-state index in [9.17, 15) is 18.0 Å². The van der Waals surface area contributed by atoms with Crippen LogP contribution < -0.4 is 19.9 Å². The van der Waals surface area contributed by atoms with Gasteiger partial charge in [0.15, 0.2) is 0 Å². The summed E-state index contributed by atoms with van der Waals surface area (Å²) in [5.74, 6) is 0.167. The van der Waals surface area contributed by atoms with E-state index in [1.54, 1.807) is 13.2 Å². The monoisotopic (exact) mass is 518 g/mol. The zero-order chi connectivity index (χ0) is 26.0. The Kier molecular flexibility index (Phi) is 7.48. The SMILES string of the molecule is COc1ccccc1N1CCN2c3ccc(C(F)(F)F)cc3C[C@@H](C(=O)NCCN3CCOCC3)[C@@H]2C1. The van der Waals surface area contributed by atoms with Crippen LogP contribution in [0.4, 0.5) is 24.5 Å². The largest absolute Gasteiger partial charge is 0.495 e. The number of nitrogens with zero attached hydrogens (tertiary/aromatic N) is 3. The molecule has 1 N–H and O–H groups in total. The second kappa shape index (κ2) is 10.8. The molecule has 0 unspecified atom stereocenters. The third kappa shape index (κ3) is 5.50. The summed E-state index contributed by atoms with van der Waals surface area (Å²) in [7, 11) is 1.63. The Morgan fingerprint density at radius 2 is 1.86 bits per heavy atom. The smallest absolute Gasteiger partial charge is 0.416 e. The predicted octanol–water partition coefficient (Wildman–Crippen LogP) is 3.03. The Hall–Kier alpha value is -2.98. The number of ether oxygens (including phenoxy) is 2. The number of morpholine rings is 1. The van der Waals surface area contributed by atoms with Crippen molar-refractivity contribution in [2.45, 2.75) is 18.6 Å². The molecule has 2 atom stereocenters. The molecule has 200 valence electrons. The first kappa shape index (κ1) is 25.7. The topological polar surface area (TPSA) is 57.3 Å². The van der Waals surface area contributed by atoms with E-state index in [4.69, 9.17) is 9.47 Å². The number of piperazine rings is 1. The summed E-state index contributed by atoms with van der Waals surface area (Å²) in [6, 6.07) is 11.5. The molecule has 0 aromatic heterocycles. The fourth-order valence-electron chi connectivity index (χ4n) is 5.70. The summed E-state index contributed by atoms with van der Waals surface area (Å²) in [6.07, 6.45) is -4.16. The number of methoxy groups -OCH3 is 1. The molecule has 2 fully saturated rings. The summed E-state index contributed by atoms with van der Waals surface area (Å²) in [5.41, 5.74) is 1.64. The summed E-state index contributed by atoms with van der Waals surface area (Å²) in [4.78, 5) is 20.1. The van der Waals surface area contributed by atoms with E-state index in [2.05, 4.69) is 20.0 Å². The van der Waals surface area contributed by atoms with Gasteiger partial charge >= 0.3 is 6.18 Å². The third-order valence-corrected chi connectivity index (χ3v) is 7.63. The molecule has 0 saturated carbocycles. The summed E-state index contributed by atoms with van der Waals surface area (Å²) in [5, 5.41) is 3.07. The van der Waals surface area contributed by atoms with Gasteiger partial charge < -0.3 is 24.6 Å². The number of fused-ring (bicyclic) bond motifs is 3. The zero-order valence-corrected chi connectivity index (χ0v) is 21.0. The number of hydrogen-bond acceptors (Lipinski definition) is 6. The standard InChI is InChI=1S/C27H33F3N4O3/c1-36-25-5-3-2-4-23(25)33-10-11-34-22-7-6-20(27(28,29)30)16-19(22)17-21(24(34)18-33)26(35)31-8-9-32-12-14-37-15-13-32/h2-7,16,21,24H,8-15,17-18H2,1H3,(H,31,35)/t21-,24+/m1/s1. The fourth-order valence-corrected chi connectivity index (χ4v) is 5.70. The van der Waals surface area contributed by atoms with Crippen LogP contribution in [-0.4, -0.2) is 83.0 Å². The van der Waals surface area contributed by atoms with Crippen LogP contribution in [0, 0.1) is 5.92 Å². The van der Waals surface area contributed by atoms with Crippen molar-refractivity contribution in [2.75, 3.05) is 75.9 Å². The minimum atomic E-state index is -4.43. The highest BCUT2D eigenvalue weighted by atomic mass is 19.4. The summed E-state index contributed by atoms with van der Waals surface area (Å²) in [6.45, 7) is 6.08. The normalized spacial score (nSPS) is 22.3. The molecule has 0 radical (unpaired) electrons. The molecule has 5 rings (SSSR count). The van der Waals surface area contributed by atoms with Gasteiger partial charge in [0, 0.05) is 51.5 Å². The lowest BCUT2D eigenvalue weighted by atomic mass is 9.82. The molecule has 10 heteroatoms. The highest BCUT2D eigenvalue weighted by molar-refractivity contribution is 5.82. The van der Waals surface area contributed by atoms with Crippen LogP contribution in [0.1, 0.15) is 11.1 Å². The number of benzene rings is 2. The molecule has 0 aliphatic carbocycles. The van der Waals surface area contributed by atoms with Gasteiger partial charge in [0.05, 0.1) is 43.5 Å². The minimum Gasteiger partial charge on any atom is -0.495 e. The van der Waals surface area contributed by atoms with Gasteiger partial charge in [-0.05, 0) is 42.3 Å². The number of halogens is 3. The molecule has 2 saturated heterocycles. The summed E-state index contributed by atoms with van der Waals surface area (Å²) >= 11 is 0. The van der Waals surface area contributed by atoms with Gasteiger partial charge in [-0.3, -0.25) is 9.69 Å². The van der Waals surface area contributed by atoms with Gasteiger partial charge in [0.25, 0.3) is 0 Å². The molecule has 3 heterocycles. The van der Waals surface area contributed by atoms with Crippen LogP contribution in [0.2, 0.25) is 0 Å². The van der Waals surface area contributed by atoms with Crippen molar-refractivity contribution >= 4 is 17.3 Å². The number of carbonyl (C=O) groups is 1. The van der Waals surface area contributed by atoms with Crippen LogP contribution in [0.15, 0.2) is 42.5 Å². The number of anilines is 2. The molecule has 3 aliphatic rings. The molecule has 1 amide bonds. The van der Waals surface area contributed by atoms with E-state index in [0.29, 0.717) is 45.0 Å². The van der Waals surface area contributed by atoms with Gasteiger partial charge in [-0.25, -0.2) is 0 Å². The Balaban J connectivity index is 1.39. The van der Waals surface area contributed by atoms with E-state index in [1.165, 1.54) is 6.07 Å². The third-order valence-electron chi connectivity index (χ3n) is 7.63. The molecule has 2 aromatic carbocycles. The molecule has 7 nitrogen and oxygen atoms in total. The Labute approximate surface area is 215 Å². The van der Waals surface area contributed by atoms with E-state index in [1.807, 2.05) is 24.3 Å². The van der Waals surface area contributed by atoms with Crippen LogP contribution >= 0.6 is 0 Å². The maximum absolute atomic E-state index is 13.5. The lowest BCUT2D eigenvalue weighted by Crippen LogP contribution is -2.61. The molecule has 37 heavy (non-hydrogen) atoms. The first-order valence-corrected chi connectivity index (χ1v) is 12.8. The predicted molar refractivity (Wildman–Crippen MR) is 135 cm³/mol. The summed E-state index contributed by atoms with van der Waals surface area (Å²) < 4.78 is 51.4. The Bertz CT molecular complexity index is 1110. The number of rotatable bonds is 6. The number of para-hydroxylation sites is 2. The molecule has 2 aromatic rings. The Morgan fingerprint density at radius 3 is 2.62 bits per heavy atom. The highest BCUT2D eigenvalue weighted by Crippen LogP contribution is 2.41. The van der Waals surface area contributed by atoms with E-state index in [0.717, 1.165) is 42.8 Å². The Morgan fingerprint density at radius 1 is 1.08 bits per heavy atom. The first-order valence-electron chi connectivity index (χ1n) is 12.8. The molecule has 0 spiro atoms. The van der Waals surface area contributed by atoms with Crippen molar-refractivity contribution in [1.82, 2.24) is 10.2 Å². The molecule has 3 aliphatic heterocycles. The number of alkyl halides is 3. The fraction of sp³-hybridized carbons (Fsp3) is 0.519. The van der Waals surface area contributed by atoms with Crippen LogP contribution in [0.5, 0.6) is 5.75 Å². The maximum Gasteiger partial charge on any atom is 0.416 e. The lowest BCUT2D eigenvalue weighted by molar-refractivity contribution is -0.137. The number of amides is 1. The van der Waals surface area contributed by atoms with Gasteiger partial charge in [0.2, 0.25) is 5.91 Å². The highest BCUT2D eigenvalue weighted by Gasteiger charge is 2.43. The zero-order valence-electron chi connectivity index (χ0n) is 21.0. The minimum absolute atomic E-state index is 0.117. The second-order valence-electron chi connectivity index (χ2n) is 9.78. The molecular weight excluding hydrogens is 485 g/mol. The van der Waals surface area contributed by atoms with E-state index in [-0.39, 0.29) is 18.4 Å². The first-order chi connectivity index (χ1) is 17.8. The van der Waals surface area contributed by atoms with Gasteiger partial charge in [-0.2, -0.15) is 13.2 Å². The number of carbonyl (C=O) groups excluding carboxylic acids is 1. The van der Waals surface area contributed by atoms with E-state index >= 15 is 0 Å². The van der Waals surface area contributed by atoms with Gasteiger partial charge in [-0.1, -0.05) is 12.1 Å². The number of nitrogens with one attached hydrogen (secondary N) is 1. The van der Waals surface area contributed by atoms with Crippen molar-refractivity contribution in [3.05, 3.63) is 53.6 Å². The molecular formula is C27H33F3N4O3. The quantitative estimate of drug-likeness (QED) is 0.635. The van der Waals surface area contributed by atoms with Crippen LogP contribution in [0.25, 0.3) is 0 Å². The second-order valence-corrected chi connectivity index (χ2v) is 9.78. The number of hydrogen-bond donors (Lipinski definition) is 1. The van der Waals surface area contributed by atoms with Crippen molar-refractivity contribution in [1.29, 1.82) is 0 Å². The van der Waals surface area contributed by atoms with Crippen LogP contribution in [-0.2, 0) is 22.1 Å². The van der Waals surface area contributed by atoms with Crippen molar-refractivity contribution in [2.24, 2.45) is 5.92 Å². The van der Waals surface area contributed by atoms with Crippen molar-refractivity contribution < 1.29 is 27.4 Å². The van der Waals surface area contributed by atoms with Gasteiger partial charge in [-0.15, -0.1) is 0 Å². The van der Waals surface area contributed by atoms with Gasteiger partial charge in [0.1, 0.15) is 5.75 Å². The average Bonchev–Trinajstić information content (AvgIpc) is 2.92. The van der Waals surface area contributed by atoms with Crippen molar-refractivity contribution in [3.63, 3.8) is 0 Å². The molecule has 0 bridgehead atoms. The average molecular weight is 519 g/mol.